The highest BCUT2D eigenvalue weighted by molar-refractivity contribution is 7.90. The first-order valence-electron chi connectivity index (χ1n) is 22.5. The first-order valence-corrected chi connectivity index (χ1v) is 24.4. The lowest BCUT2D eigenvalue weighted by atomic mass is 9.72. The van der Waals surface area contributed by atoms with Crippen LogP contribution in [-0.2, 0) is 16.4 Å². The standard InChI is InChI=1S/C49H55ClN6O8S/c1-49(2)15-13-35(43(27-49)33-5-7-36(50)8-6-33)29-54-17-19-55(20-18-54)37-9-12-41(46(24-37)64-39-23-34-14-16-51-47(34)52-28-39)48(58)53-65(61,62)40-25-44(56(59)60)42-22-32(30-63-45(42)26-40)21-31-3-10-38(57)11-4-31/h5-9,12,14,16,23-26,28,31-32,38,57H,3-4,10-11,13,15,17-22,27,29-30H2,1-2H3,(H,51,52)(H,53,58)/t31?,32-,38?/m1/s1. The van der Waals surface area contributed by atoms with E-state index in [2.05, 4.69) is 50.5 Å². The van der Waals surface area contributed by atoms with Crippen LogP contribution in [0.15, 0.2) is 89.6 Å². The van der Waals surface area contributed by atoms with Crippen molar-refractivity contribution >= 4 is 55.5 Å². The normalized spacial score (nSPS) is 21.4. The van der Waals surface area contributed by atoms with Gasteiger partial charge in [0.05, 0.1) is 39.9 Å². The number of fused-ring (bicyclic) bond motifs is 2. The number of nitro benzene ring substituents is 1. The quantitative estimate of drug-likeness (QED) is 0.0802. The fourth-order valence-corrected chi connectivity index (χ4v) is 11.2. The van der Waals surface area contributed by atoms with Crippen LogP contribution < -0.4 is 19.1 Å². The van der Waals surface area contributed by atoms with Gasteiger partial charge in [0.25, 0.3) is 21.6 Å². The van der Waals surface area contributed by atoms with E-state index in [1.807, 2.05) is 18.2 Å². The Kier molecular flexibility index (Phi) is 12.7. The molecule has 4 heterocycles. The zero-order valence-electron chi connectivity index (χ0n) is 36.7. The second kappa shape index (κ2) is 18.4. The molecule has 0 radical (unpaired) electrons. The highest BCUT2D eigenvalue weighted by Gasteiger charge is 2.34. The summed E-state index contributed by atoms with van der Waals surface area (Å²) < 4.78 is 42.4. The molecule has 1 amide bonds. The lowest BCUT2D eigenvalue weighted by Crippen LogP contribution is -2.47. The Bertz CT molecular complexity index is 2740. The summed E-state index contributed by atoms with van der Waals surface area (Å²) in [6.07, 6.45) is 10.6. The number of aliphatic hydroxyl groups excluding tert-OH is 1. The molecule has 1 atom stereocenters. The van der Waals surface area contributed by atoms with Crippen molar-refractivity contribution in [3.05, 3.63) is 117 Å². The Balaban J connectivity index is 0.933. The number of hydrogen-bond donors (Lipinski definition) is 3. The molecule has 0 unspecified atom stereocenters. The summed E-state index contributed by atoms with van der Waals surface area (Å²) in [6.45, 7) is 8.89. The number of aromatic amines is 1. The van der Waals surface area contributed by atoms with E-state index in [-0.39, 0.29) is 46.8 Å². The van der Waals surface area contributed by atoms with Gasteiger partial charge in [-0.15, -0.1) is 0 Å². The van der Waals surface area contributed by atoms with Crippen LogP contribution in [0.5, 0.6) is 17.2 Å². The largest absolute Gasteiger partial charge is 0.493 e. The molecule has 2 aliphatic heterocycles. The number of nitrogens with zero attached hydrogens (tertiary/aromatic N) is 4. The highest BCUT2D eigenvalue weighted by Crippen LogP contribution is 2.44. The van der Waals surface area contributed by atoms with Crippen molar-refractivity contribution in [3.8, 4) is 17.2 Å². The Morgan fingerprint density at radius 3 is 2.55 bits per heavy atom. The fraction of sp³-hybridized carbons (Fsp3) is 0.429. The summed E-state index contributed by atoms with van der Waals surface area (Å²) in [5, 5.41) is 23.8. The van der Waals surface area contributed by atoms with Crippen LogP contribution >= 0.6 is 11.6 Å². The molecular weight excluding hydrogens is 868 g/mol. The van der Waals surface area contributed by atoms with Crippen molar-refractivity contribution in [2.75, 3.05) is 44.2 Å². The third-order valence-corrected chi connectivity index (χ3v) is 15.2. The van der Waals surface area contributed by atoms with Gasteiger partial charge in [0.1, 0.15) is 22.9 Å². The van der Waals surface area contributed by atoms with Gasteiger partial charge >= 0.3 is 0 Å². The number of allylic oxidation sites excluding steroid dienone is 1. The van der Waals surface area contributed by atoms with Crippen LogP contribution in [-0.4, -0.2) is 84.7 Å². The minimum atomic E-state index is -4.63. The van der Waals surface area contributed by atoms with Crippen LogP contribution in [0.2, 0.25) is 5.02 Å². The number of piperazine rings is 1. The van der Waals surface area contributed by atoms with Crippen molar-refractivity contribution in [3.63, 3.8) is 0 Å². The molecule has 14 nitrogen and oxygen atoms in total. The van der Waals surface area contributed by atoms with E-state index in [1.165, 1.54) is 29.0 Å². The van der Waals surface area contributed by atoms with Gasteiger partial charge < -0.3 is 24.5 Å². The van der Waals surface area contributed by atoms with Crippen molar-refractivity contribution in [2.45, 2.75) is 82.6 Å². The number of halogens is 1. The molecule has 9 rings (SSSR count). The number of aromatic nitrogens is 2. The number of nitro groups is 1. The molecule has 2 fully saturated rings. The van der Waals surface area contributed by atoms with Gasteiger partial charge in [-0.25, -0.2) is 18.1 Å². The molecule has 0 spiro atoms. The third kappa shape index (κ3) is 10.2. The van der Waals surface area contributed by atoms with E-state index < -0.39 is 25.7 Å². The number of carbonyl (C=O) groups is 1. The third-order valence-electron chi connectivity index (χ3n) is 13.7. The number of amides is 1. The molecule has 342 valence electrons. The van der Waals surface area contributed by atoms with Gasteiger partial charge in [-0.05, 0) is 123 Å². The molecule has 1 saturated carbocycles. The second-order valence-corrected chi connectivity index (χ2v) is 21.1. The Morgan fingerprint density at radius 1 is 1.03 bits per heavy atom. The van der Waals surface area contributed by atoms with Gasteiger partial charge in [-0.2, -0.15) is 0 Å². The molecule has 0 bridgehead atoms. The van der Waals surface area contributed by atoms with Crippen LogP contribution in [0.4, 0.5) is 11.4 Å². The predicted octanol–water partition coefficient (Wildman–Crippen LogP) is 9.31. The van der Waals surface area contributed by atoms with Gasteiger partial charge in [0.15, 0.2) is 0 Å². The zero-order chi connectivity index (χ0) is 45.5. The van der Waals surface area contributed by atoms with Crippen LogP contribution in [0.1, 0.15) is 86.7 Å². The maximum absolute atomic E-state index is 14.1. The number of pyridine rings is 1. The Hall–Kier alpha value is -5.48. The summed E-state index contributed by atoms with van der Waals surface area (Å²) in [5.41, 5.74) is 5.70. The first kappa shape index (κ1) is 44.7. The van der Waals surface area contributed by atoms with E-state index in [0.29, 0.717) is 29.3 Å². The van der Waals surface area contributed by atoms with E-state index in [0.717, 1.165) is 106 Å². The summed E-state index contributed by atoms with van der Waals surface area (Å²) >= 11 is 6.25. The van der Waals surface area contributed by atoms with E-state index in [1.54, 1.807) is 30.5 Å². The molecule has 3 aromatic carbocycles. The molecule has 1 saturated heterocycles. The molecule has 65 heavy (non-hydrogen) atoms. The summed E-state index contributed by atoms with van der Waals surface area (Å²) in [5.74, 6) is 0.0222. The van der Waals surface area contributed by atoms with Crippen molar-refractivity contribution in [2.24, 2.45) is 17.3 Å². The van der Waals surface area contributed by atoms with Gasteiger partial charge in [0.2, 0.25) is 0 Å². The van der Waals surface area contributed by atoms with Crippen molar-refractivity contribution in [1.82, 2.24) is 19.6 Å². The lowest BCUT2D eigenvalue weighted by molar-refractivity contribution is -0.386. The van der Waals surface area contributed by atoms with Crippen molar-refractivity contribution < 1.29 is 32.7 Å². The topological polar surface area (TPSA) is 180 Å². The minimum absolute atomic E-state index is 0.0167. The number of carbonyl (C=O) groups excluding carboxylic acids is 1. The molecule has 5 aromatic rings. The Morgan fingerprint density at radius 2 is 1.80 bits per heavy atom. The van der Waals surface area contributed by atoms with Gasteiger partial charge in [0, 0.05) is 73.2 Å². The summed E-state index contributed by atoms with van der Waals surface area (Å²) in [4.78, 5) is 37.6. The minimum Gasteiger partial charge on any atom is -0.493 e. The summed E-state index contributed by atoms with van der Waals surface area (Å²) in [7, 11) is -4.63. The maximum atomic E-state index is 14.1. The molecule has 2 aromatic heterocycles. The van der Waals surface area contributed by atoms with Crippen LogP contribution in [0.3, 0.4) is 0 Å². The average molecular weight is 924 g/mol. The number of H-pyrrole nitrogens is 1. The van der Waals surface area contributed by atoms with Gasteiger partial charge in [-0.3, -0.25) is 19.8 Å². The number of nitrogens with one attached hydrogen (secondary N) is 2. The molecule has 16 heteroatoms. The van der Waals surface area contributed by atoms with Gasteiger partial charge in [-0.1, -0.05) is 43.2 Å². The van der Waals surface area contributed by atoms with Crippen LogP contribution in [0, 0.1) is 27.4 Å². The highest BCUT2D eigenvalue weighted by atomic mass is 35.5. The Labute approximate surface area is 384 Å². The maximum Gasteiger partial charge on any atom is 0.277 e. The SMILES string of the molecule is CC1(C)CCC(CN2CCN(c3ccc(C(=O)NS(=O)(=O)c4cc5c(c([N+](=O)[O-])c4)C[C@@H](CC4CCC(O)CC4)CO5)c(Oc4cnc5[nH]ccc5c4)c3)CC2)=C(c2ccc(Cl)cc2)C1. The number of sulfonamides is 1. The fourth-order valence-electron chi connectivity index (χ4n) is 10.0. The van der Waals surface area contributed by atoms with E-state index in [4.69, 9.17) is 21.1 Å². The molecule has 2 aliphatic carbocycles. The van der Waals surface area contributed by atoms with Crippen LogP contribution in [0.25, 0.3) is 16.6 Å². The van der Waals surface area contributed by atoms with E-state index >= 15 is 0 Å². The number of rotatable bonds is 12. The molecular formula is C49H55ClN6O8S. The van der Waals surface area contributed by atoms with Crippen molar-refractivity contribution in [1.29, 1.82) is 0 Å². The predicted molar refractivity (Wildman–Crippen MR) is 250 cm³/mol. The monoisotopic (exact) mass is 922 g/mol. The molecule has 3 N–H and O–H groups in total. The number of anilines is 1. The smallest absolute Gasteiger partial charge is 0.277 e. The number of ether oxygens (including phenoxy) is 2. The average Bonchev–Trinajstić information content (AvgIpc) is 3.76. The van der Waals surface area contributed by atoms with E-state index in [9.17, 15) is 28.4 Å². The second-order valence-electron chi connectivity index (χ2n) is 19.0. The first-order chi connectivity index (χ1) is 31.2. The summed E-state index contributed by atoms with van der Waals surface area (Å²) in [6, 6.07) is 19.1. The number of benzene rings is 3. The number of hydrogen-bond acceptors (Lipinski definition) is 11. The zero-order valence-corrected chi connectivity index (χ0v) is 38.3. The lowest BCUT2D eigenvalue weighted by Gasteiger charge is -2.39. The molecule has 4 aliphatic rings. The number of aliphatic hydroxyl groups is 1.